The van der Waals surface area contributed by atoms with Gasteiger partial charge in [-0.15, -0.1) is 0 Å². The van der Waals surface area contributed by atoms with Crippen LogP contribution in [0.4, 0.5) is 0 Å². The van der Waals surface area contributed by atoms with Gasteiger partial charge in [0.1, 0.15) is 31.0 Å². The zero-order chi connectivity index (χ0) is 42.4. The van der Waals surface area contributed by atoms with E-state index in [1.165, 1.54) is 102 Å². The molecule has 10 heteroatoms. The van der Waals surface area contributed by atoms with Crippen molar-refractivity contribution >= 4 is 5.97 Å². The number of rotatable bonds is 25. The summed E-state index contributed by atoms with van der Waals surface area (Å²) in [5, 5.41) is 36.1. The first kappa shape index (κ1) is 48.4. The van der Waals surface area contributed by atoms with E-state index in [1.807, 2.05) is 0 Å². The molecule has 1 heterocycles. The summed E-state index contributed by atoms with van der Waals surface area (Å²) in [6.07, 6.45) is 24.7. The Bertz CT molecular complexity index is 1350. The maximum absolute atomic E-state index is 12.6. The minimum Gasteiger partial charge on any atom is -0.463 e. The first-order valence-electron chi connectivity index (χ1n) is 24.6. The lowest BCUT2D eigenvalue weighted by Crippen LogP contribution is -2.60. The molecule has 5 aliphatic rings. The molecule has 0 aromatic rings. The van der Waals surface area contributed by atoms with Crippen LogP contribution in [0.3, 0.4) is 0 Å². The summed E-state index contributed by atoms with van der Waals surface area (Å²) in [5.74, 6) is 4.39. The molecular formula is C49H85N3O7. The van der Waals surface area contributed by atoms with Gasteiger partial charge < -0.3 is 29.5 Å². The molecule has 0 radical (unpaired) electrons. The SMILES string of the molecule is CC(C)CCCC(C)C1CCC2C3CC=C4CC(O[C@@H]5OC(COC(=O)CCCCCCCCCCCCCCCN=[N+]=[N-])[C@H](O)[C@H](O)C5O)CCC4(C)C3CCC12C. The van der Waals surface area contributed by atoms with Crippen molar-refractivity contribution in [2.75, 3.05) is 13.2 Å². The molecule has 1 saturated heterocycles. The number of hydrogen-bond acceptors (Lipinski definition) is 8. The molecule has 5 rings (SSSR count). The Morgan fingerprint density at radius 2 is 1.49 bits per heavy atom. The Kier molecular flexibility index (Phi) is 19.4. The number of aliphatic hydroxyl groups excluding tert-OH is 3. The predicted octanol–water partition coefficient (Wildman–Crippen LogP) is 11.5. The van der Waals surface area contributed by atoms with Crippen molar-refractivity contribution in [2.45, 2.75) is 232 Å². The summed E-state index contributed by atoms with van der Waals surface area (Å²) < 4.78 is 18.0. The van der Waals surface area contributed by atoms with Gasteiger partial charge in [0.2, 0.25) is 0 Å². The molecule has 0 aromatic heterocycles. The number of nitrogens with zero attached hydrogens (tertiary/aromatic N) is 3. The summed E-state index contributed by atoms with van der Waals surface area (Å²) in [6, 6.07) is 0. The van der Waals surface area contributed by atoms with Crippen molar-refractivity contribution in [2.24, 2.45) is 51.5 Å². The Hall–Kier alpha value is -1.68. The van der Waals surface area contributed by atoms with Crippen molar-refractivity contribution < 1.29 is 34.3 Å². The Labute approximate surface area is 358 Å². The van der Waals surface area contributed by atoms with E-state index in [0.29, 0.717) is 24.3 Å². The van der Waals surface area contributed by atoms with Crippen molar-refractivity contribution in [1.29, 1.82) is 0 Å². The number of carbonyl (C=O) groups is 1. The minimum atomic E-state index is -1.45. The van der Waals surface area contributed by atoms with Crippen LogP contribution >= 0.6 is 0 Å². The van der Waals surface area contributed by atoms with Crippen LogP contribution in [0.2, 0.25) is 0 Å². The molecule has 10 unspecified atom stereocenters. The van der Waals surface area contributed by atoms with Crippen LogP contribution in [0.25, 0.3) is 10.4 Å². The lowest BCUT2D eigenvalue weighted by Gasteiger charge is -2.58. The maximum Gasteiger partial charge on any atom is 0.305 e. The molecule has 13 atom stereocenters. The van der Waals surface area contributed by atoms with E-state index in [0.717, 1.165) is 87.4 Å². The third kappa shape index (κ3) is 12.9. The molecule has 0 aromatic carbocycles. The van der Waals surface area contributed by atoms with E-state index in [-0.39, 0.29) is 24.1 Å². The smallest absolute Gasteiger partial charge is 0.305 e. The van der Waals surface area contributed by atoms with E-state index < -0.39 is 30.7 Å². The number of hydrogen-bond donors (Lipinski definition) is 3. The highest BCUT2D eigenvalue weighted by Gasteiger charge is 2.59. The van der Waals surface area contributed by atoms with E-state index >= 15 is 0 Å². The molecule has 3 N–H and O–H groups in total. The number of fused-ring (bicyclic) bond motifs is 5. The van der Waals surface area contributed by atoms with Gasteiger partial charge in [-0.05, 0) is 116 Å². The van der Waals surface area contributed by atoms with Gasteiger partial charge in [0.25, 0.3) is 0 Å². The Balaban J connectivity index is 0.991. The summed E-state index contributed by atoms with van der Waals surface area (Å²) in [4.78, 5) is 15.4. The van der Waals surface area contributed by atoms with Gasteiger partial charge in [0.05, 0.1) is 6.10 Å². The van der Waals surface area contributed by atoms with Crippen LogP contribution in [0.5, 0.6) is 0 Å². The second-order valence-corrected chi connectivity index (χ2v) is 20.8. The number of aliphatic hydroxyl groups is 3. The second kappa shape index (κ2) is 23.7. The van der Waals surface area contributed by atoms with Crippen LogP contribution < -0.4 is 0 Å². The molecule has 1 aliphatic heterocycles. The predicted molar refractivity (Wildman–Crippen MR) is 234 cm³/mol. The number of esters is 1. The lowest BCUT2D eigenvalue weighted by atomic mass is 9.47. The molecule has 0 bridgehead atoms. The summed E-state index contributed by atoms with van der Waals surface area (Å²) >= 11 is 0. The van der Waals surface area contributed by atoms with Crippen molar-refractivity contribution in [3.8, 4) is 0 Å². The molecule has 0 spiro atoms. The minimum absolute atomic E-state index is 0.148. The van der Waals surface area contributed by atoms with Gasteiger partial charge >= 0.3 is 5.97 Å². The van der Waals surface area contributed by atoms with Crippen LogP contribution in [0.15, 0.2) is 16.8 Å². The molecule has 3 saturated carbocycles. The zero-order valence-corrected chi connectivity index (χ0v) is 37.9. The highest BCUT2D eigenvalue weighted by atomic mass is 16.7. The monoisotopic (exact) mass is 828 g/mol. The Morgan fingerprint density at radius 1 is 0.831 bits per heavy atom. The number of carbonyl (C=O) groups excluding carboxylic acids is 1. The summed E-state index contributed by atoms with van der Waals surface area (Å²) in [7, 11) is 0. The highest BCUT2D eigenvalue weighted by molar-refractivity contribution is 5.69. The lowest BCUT2D eigenvalue weighted by molar-refractivity contribution is -0.313. The fourth-order valence-electron chi connectivity index (χ4n) is 12.8. The fourth-order valence-corrected chi connectivity index (χ4v) is 12.8. The van der Waals surface area contributed by atoms with E-state index in [9.17, 15) is 20.1 Å². The van der Waals surface area contributed by atoms with Crippen LogP contribution in [0.1, 0.15) is 195 Å². The fraction of sp³-hybridized carbons (Fsp3) is 0.939. The number of azide groups is 1. The van der Waals surface area contributed by atoms with Crippen molar-refractivity contribution in [3.05, 3.63) is 22.1 Å². The third-order valence-corrected chi connectivity index (χ3v) is 16.4. The van der Waals surface area contributed by atoms with E-state index in [1.54, 1.807) is 0 Å². The highest BCUT2D eigenvalue weighted by Crippen LogP contribution is 2.67. The van der Waals surface area contributed by atoms with E-state index in [2.05, 4.69) is 50.7 Å². The number of ether oxygens (including phenoxy) is 3. The first-order valence-corrected chi connectivity index (χ1v) is 24.6. The van der Waals surface area contributed by atoms with Crippen LogP contribution in [0, 0.1) is 46.3 Å². The largest absolute Gasteiger partial charge is 0.463 e. The van der Waals surface area contributed by atoms with Crippen LogP contribution in [-0.2, 0) is 19.0 Å². The molecular weight excluding hydrogens is 743 g/mol. The second-order valence-electron chi connectivity index (χ2n) is 20.8. The molecule has 10 nitrogen and oxygen atoms in total. The van der Waals surface area contributed by atoms with Crippen molar-refractivity contribution in [1.82, 2.24) is 0 Å². The third-order valence-electron chi connectivity index (χ3n) is 16.4. The number of unbranched alkanes of at least 4 members (excludes halogenated alkanes) is 12. The number of allylic oxidation sites excluding steroid dienone is 1. The summed E-state index contributed by atoms with van der Waals surface area (Å²) in [5.41, 5.74) is 10.4. The first-order chi connectivity index (χ1) is 28.4. The maximum atomic E-state index is 12.6. The molecule has 338 valence electrons. The molecule has 59 heavy (non-hydrogen) atoms. The quantitative estimate of drug-likeness (QED) is 0.0207. The van der Waals surface area contributed by atoms with E-state index in [4.69, 9.17) is 19.7 Å². The topological polar surface area (TPSA) is 154 Å². The molecule has 4 aliphatic carbocycles. The van der Waals surface area contributed by atoms with Crippen LogP contribution in [-0.4, -0.2) is 71.3 Å². The normalized spacial score (nSPS) is 35.9. The average molecular weight is 828 g/mol. The average Bonchev–Trinajstić information content (AvgIpc) is 3.57. The van der Waals surface area contributed by atoms with Gasteiger partial charge in [-0.25, -0.2) is 0 Å². The zero-order valence-electron chi connectivity index (χ0n) is 37.9. The molecule has 0 amide bonds. The van der Waals surface area contributed by atoms with Gasteiger partial charge in [0, 0.05) is 17.9 Å². The van der Waals surface area contributed by atoms with Gasteiger partial charge in [0.15, 0.2) is 6.29 Å². The Morgan fingerprint density at radius 3 is 2.15 bits per heavy atom. The van der Waals surface area contributed by atoms with Gasteiger partial charge in [-0.1, -0.05) is 141 Å². The van der Waals surface area contributed by atoms with Gasteiger partial charge in [-0.2, -0.15) is 0 Å². The standard InChI is InChI=1S/C49H85N3O7/c1-34(2)20-19-21-35(3)39-25-26-40-38-24-23-36-32-37(27-29-48(36,4)41(38)28-30-49(39,40)5)58-47-46(56)45(55)44(54)42(59-47)33-57-43(53)22-17-15-13-11-9-7-6-8-10-12-14-16-18-31-51-52-50/h23,34-35,37-42,44-47,54-56H,6-22,24-33H2,1-5H3/t35?,37?,38?,39?,40?,41?,42?,44-,45-,46?,47+,48?,49?/m0/s1. The summed E-state index contributed by atoms with van der Waals surface area (Å²) in [6.45, 7) is 12.8. The van der Waals surface area contributed by atoms with Gasteiger partial charge in [-0.3, -0.25) is 4.79 Å². The molecule has 4 fully saturated rings. The van der Waals surface area contributed by atoms with Crippen molar-refractivity contribution in [3.63, 3.8) is 0 Å².